The van der Waals surface area contributed by atoms with Crippen LogP contribution >= 0.6 is 0 Å². The van der Waals surface area contributed by atoms with Gasteiger partial charge in [-0.25, -0.2) is 4.39 Å². The standard InChI is InChI=1S/C15H23FN2O/c1-11-5-6-12(16)10-14(11)15(18-17)8-7-13-4-2-3-9-19-13/h5-6,10,13,15,18H,2-4,7-9,17H2,1H3. The monoisotopic (exact) mass is 266 g/mol. The van der Waals surface area contributed by atoms with E-state index in [1.165, 1.54) is 12.5 Å². The zero-order valence-corrected chi connectivity index (χ0v) is 11.5. The number of benzene rings is 1. The molecule has 1 heterocycles. The summed E-state index contributed by atoms with van der Waals surface area (Å²) in [4.78, 5) is 0. The van der Waals surface area contributed by atoms with Gasteiger partial charge in [0.2, 0.25) is 0 Å². The van der Waals surface area contributed by atoms with Gasteiger partial charge in [0, 0.05) is 12.6 Å². The van der Waals surface area contributed by atoms with Crippen LogP contribution in [0.15, 0.2) is 18.2 Å². The normalized spacial score (nSPS) is 21.3. The fraction of sp³-hybridized carbons (Fsp3) is 0.600. The summed E-state index contributed by atoms with van der Waals surface area (Å²) < 4.78 is 19.1. The van der Waals surface area contributed by atoms with Gasteiger partial charge in [0.25, 0.3) is 0 Å². The van der Waals surface area contributed by atoms with E-state index in [-0.39, 0.29) is 11.9 Å². The van der Waals surface area contributed by atoms with E-state index in [1.54, 1.807) is 12.1 Å². The Kier molecular flexibility index (Phi) is 5.31. The molecule has 1 aromatic carbocycles. The minimum Gasteiger partial charge on any atom is -0.378 e. The molecule has 1 saturated heterocycles. The number of ether oxygens (including phenoxy) is 1. The second-order valence-electron chi connectivity index (χ2n) is 5.29. The molecule has 0 radical (unpaired) electrons. The molecule has 106 valence electrons. The van der Waals surface area contributed by atoms with Crippen LogP contribution in [-0.2, 0) is 4.74 Å². The number of nitrogens with one attached hydrogen (secondary N) is 1. The Morgan fingerprint density at radius 2 is 2.32 bits per heavy atom. The van der Waals surface area contributed by atoms with Crippen molar-refractivity contribution in [2.45, 2.75) is 51.2 Å². The first-order valence-corrected chi connectivity index (χ1v) is 7.04. The van der Waals surface area contributed by atoms with Crippen LogP contribution in [0.5, 0.6) is 0 Å². The summed E-state index contributed by atoms with van der Waals surface area (Å²) in [5.41, 5.74) is 4.81. The van der Waals surface area contributed by atoms with Crippen LogP contribution < -0.4 is 11.3 Å². The summed E-state index contributed by atoms with van der Waals surface area (Å²) in [6, 6.07) is 4.84. The third-order valence-corrected chi connectivity index (χ3v) is 3.87. The average Bonchev–Trinajstić information content (AvgIpc) is 2.44. The molecule has 1 fully saturated rings. The Morgan fingerprint density at radius 3 is 3.00 bits per heavy atom. The van der Waals surface area contributed by atoms with Gasteiger partial charge in [-0.3, -0.25) is 11.3 Å². The fourth-order valence-electron chi connectivity index (χ4n) is 2.70. The smallest absolute Gasteiger partial charge is 0.123 e. The Hall–Kier alpha value is -0.970. The third-order valence-electron chi connectivity index (χ3n) is 3.87. The number of hydrogen-bond donors (Lipinski definition) is 2. The predicted octanol–water partition coefficient (Wildman–Crippen LogP) is 2.99. The fourth-order valence-corrected chi connectivity index (χ4v) is 2.70. The summed E-state index contributed by atoms with van der Waals surface area (Å²) in [6.07, 6.45) is 5.69. The molecule has 4 heteroatoms. The molecule has 0 aliphatic carbocycles. The van der Waals surface area contributed by atoms with E-state index in [0.29, 0.717) is 6.10 Å². The minimum absolute atomic E-state index is 0.0128. The van der Waals surface area contributed by atoms with Crippen molar-refractivity contribution in [2.75, 3.05) is 6.61 Å². The van der Waals surface area contributed by atoms with E-state index >= 15 is 0 Å². The van der Waals surface area contributed by atoms with Crippen molar-refractivity contribution >= 4 is 0 Å². The second kappa shape index (κ2) is 6.98. The highest BCUT2D eigenvalue weighted by atomic mass is 19.1. The van der Waals surface area contributed by atoms with Gasteiger partial charge in [-0.1, -0.05) is 6.07 Å². The Morgan fingerprint density at radius 1 is 1.47 bits per heavy atom. The molecule has 2 unspecified atom stereocenters. The first-order chi connectivity index (χ1) is 9.20. The van der Waals surface area contributed by atoms with Crippen molar-refractivity contribution in [1.82, 2.24) is 5.43 Å². The molecule has 0 spiro atoms. The molecule has 3 nitrogen and oxygen atoms in total. The number of aryl methyl sites for hydroxylation is 1. The predicted molar refractivity (Wildman–Crippen MR) is 74.0 cm³/mol. The Labute approximate surface area is 114 Å². The van der Waals surface area contributed by atoms with E-state index < -0.39 is 0 Å². The zero-order chi connectivity index (χ0) is 13.7. The molecule has 3 N–H and O–H groups in total. The van der Waals surface area contributed by atoms with Crippen LogP contribution in [0.25, 0.3) is 0 Å². The Balaban J connectivity index is 1.97. The molecular weight excluding hydrogens is 243 g/mol. The van der Waals surface area contributed by atoms with E-state index in [4.69, 9.17) is 10.6 Å². The van der Waals surface area contributed by atoms with Crippen molar-refractivity contribution in [3.8, 4) is 0 Å². The number of rotatable bonds is 5. The zero-order valence-electron chi connectivity index (χ0n) is 11.5. The number of hydrogen-bond acceptors (Lipinski definition) is 3. The van der Waals surface area contributed by atoms with Crippen molar-refractivity contribution in [3.63, 3.8) is 0 Å². The van der Waals surface area contributed by atoms with Crippen LogP contribution in [0.2, 0.25) is 0 Å². The van der Waals surface area contributed by atoms with Gasteiger partial charge in [0.05, 0.1) is 6.10 Å². The number of hydrazine groups is 1. The maximum Gasteiger partial charge on any atom is 0.123 e. The largest absolute Gasteiger partial charge is 0.378 e. The highest BCUT2D eigenvalue weighted by Gasteiger charge is 2.18. The van der Waals surface area contributed by atoms with Crippen LogP contribution in [0, 0.1) is 12.7 Å². The lowest BCUT2D eigenvalue weighted by atomic mass is 9.95. The van der Waals surface area contributed by atoms with Gasteiger partial charge in [0.15, 0.2) is 0 Å². The number of halogens is 1. The summed E-state index contributed by atoms with van der Waals surface area (Å²) in [7, 11) is 0. The summed E-state index contributed by atoms with van der Waals surface area (Å²) in [6.45, 7) is 2.85. The lowest BCUT2D eigenvalue weighted by molar-refractivity contribution is 0.00853. The van der Waals surface area contributed by atoms with E-state index in [2.05, 4.69) is 5.43 Å². The first-order valence-electron chi connectivity index (χ1n) is 7.04. The SMILES string of the molecule is Cc1ccc(F)cc1C(CCC1CCCCO1)NN. The lowest BCUT2D eigenvalue weighted by Crippen LogP contribution is -2.30. The second-order valence-corrected chi connectivity index (χ2v) is 5.29. The lowest BCUT2D eigenvalue weighted by Gasteiger charge is -2.25. The van der Waals surface area contributed by atoms with Crippen molar-refractivity contribution < 1.29 is 9.13 Å². The average molecular weight is 266 g/mol. The van der Waals surface area contributed by atoms with Crippen LogP contribution in [-0.4, -0.2) is 12.7 Å². The molecule has 2 rings (SSSR count). The van der Waals surface area contributed by atoms with Crippen LogP contribution in [0.1, 0.15) is 49.3 Å². The molecule has 0 aromatic heterocycles. The molecular formula is C15H23FN2O. The third kappa shape index (κ3) is 4.00. The molecule has 0 bridgehead atoms. The summed E-state index contributed by atoms with van der Waals surface area (Å²) >= 11 is 0. The molecule has 1 aliphatic rings. The molecule has 1 aromatic rings. The van der Waals surface area contributed by atoms with Crippen LogP contribution in [0.4, 0.5) is 4.39 Å². The Bertz CT molecular complexity index is 405. The van der Waals surface area contributed by atoms with E-state index in [0.717, 1.165) is 43.4 Å². The quantitative estimate of drug-likeness (QED) is 0.636. The van der Waals surface area contributed by atoms with Gasteiger partial charge in [-0.15, -0.1) is 0 Å². The summed E-state index contributed by atoms with van der Waals surface area (Å²) in [5.74, 6) is 5.41. The van der Waals surface area contributed by atoms with Crippen molar-refractivity contribution in [2.24, 2.45) is 5.84 Å². The van der Waals surface area contributed by atoms with Gasteiger partial charge in [0.1, 0.15) is 5.82 Å². The maximum atomic E-state index is 13.3. The van der Waals surface area contributed by atoms with Crippen molar-refractivity contribution in [1.29, 1.82) is 0 Å². The molecule has 0 saturated carbocycles. The van der Waals surface area contributed by atoms with E-state index in [1.807, 2.05) is 6.92 Å². The molecule has 1 aliphatic heterocycles. The maximum absolute atomic E-state index is 13.3. The van der Waals surface area contributed by atoms with E-state index in [9.17, 15) is 4.39 Å². The molecule has 0 amide bonds. The molecule has 2 atom stereocenters. The highest BCUT2D eigenvalue weighted by Crippen LogP contribution is 2.25. The summed E-state index contributed by atoms with van der Waals surface area (Å²) in [5, 5.41) is 0. The van der Waals surface area contributed by atoms with Crippen LogP contribution in [0.3, 0.4) is 0 Å². The van der Waals surface area contributed by atoms with Crippen molar-refractivity contribution in [3.05, 3.63) is 35.1 Å². The van der Waals surface area contributed by atoms with Gasteiger partial charge < -0.3 is 4.74 Å². The van der Waals surface area contributed by atoms with Gasteiger partial charge >= 0.3 is 0 Å². The molecule has 19 heavy (non-hydrogen) atoms. The topological polar surface area (TPSA) is 47.3 Å². The number of nitrogens with two attached hydrogens (primary N) is 1. The van der Waals surface area contributed by atoms with Gasteiger partial charge in [-0.05, 0) is 62.3 Å². The first kappa shape index (κ1) is 14.4. The highest BCUT2D eigenvalue weighted by molar-refractivity contribution is 5.29. The van der Waals surface area contributed by atoms with Gasteiger partial charge in [-0.2, -0.15) is 0 Å². The minimum atomic E-state index is -0.213.